The molecule has 1 aliphatic carbocycles. The first-order valence-corrected chi connectivity index (χ1v) is 7.17. The third kappa shape index (κ3) is 4.36. The van der Waals surface area contributed by atoms with Gasteiger partial charge in [-0.25, -0.2) is 0 Å². The Hall–Kier alpha value is -0.780. The zero-order chi connectivity index (χ0) is 15.2. The van der Waals surface area contributed by atoms with Crippen molar-refractivity contribution in [2.45, 2.75) is 71.1 Å². The number of carbonyl (C=O) groups is 1. The lowest BCUT2D eigenvalue weighted by Crippen LogP contribution is -2.43. The van der Waals surface area contributed by atoms with Crippen molar-refractivity contribution in [1.82, 2.24) is 0 Å². The van der Waals surface area contributed by atoms with Gasteiger partial charge in [-0.3, -0.25) is 4.79 Å². The Labute approximate surface area is 117 Å². The molecule has 118 valence electrons. The molecular weight excluding hydrogens is 273 g/mol. The summed E-state index contributed by atoms with van der Waals surface area (Å²) in [7, 11) is 0. The third-order valence-electron chi connectivity index (χ3n) is 4.08. The molecule has 0 radical (unpaired) electrons. The Kier molecular flexibility index (Phi) is 6.30. The number of rotatable bonds is 5. The number of hydrogen-bond acceptors (Lipinski definition) is 3. The number of hydrogen-bond donors (Lipinski definition) is 0. The van der Waals surface area contributed by atoms with Crippen LogP contribution in [0, 0.1) is 5.41 Å². The molecule has 0 aromatic heterocycles. The van der Waals surface area contributed by atoms with E-state index in [1.54, 1.807) is 0 Å². The molecule has 0 bridgehead atoms. The maximum Gasteiger partial charge on any atom is 0.404 e. The van der Waals surface area contributed by atoms with E-state index in [1.165, 1.54) is 6.92 Å². The van der Waals surface area contributed by atoms with Crippen molar-refractivity contribution < 1.29 is 27.4 Å². The normalized spacial score (nSPS) is 21.1. The summed E-state index contributed by atoms with van der Waals surface area (Å²) >= 11 is 0. The third-order valence-corrected chi connectivity index (χ3v) is 4.08. The topological polar surface area (TPSA) is 35.5 Å². The molecule has 1 aliphatic rings. The van der Waals surface area contributed by atoms with Gasteiger partial charge in [0.05, 0.1) is 6.10 Å². The van der Waals surface area contributed by atoms with Crippen LogP contribution in [0.4, 0.5) is 13.2 Å². The van der Waals surface area contributed by atoms with Crippen molar-refractivity contribution in [3.63, 3.8) is 0 Å². The van der Waals surface area contributed by atoms with E-state index in [0.29, 0.717) is 0 Å². The quantitative estimate of drug-likeness (QED) is 0.433. The second kappa shape index (κ2) is 7.29. The molecule has 1 fully saturated rings. The molecule has 1 rings (SSSR count). The molecule has 0 spiro atoms. The molecule has 0 heterocycles. The molecule has 20 heavy (non-hydrogen) atoms. The Morgan fingerprint density at radius 1 is 1.15 bits per heavy atom. The minimum Gasteiger partial charge on any atom is -0.438 e. The van der Waals surface area contributed by atoms with Crippen LogP contribution in [-0.4, -0.2) is 25.0 Å². The second-order valence-electron chi connectivity index (χ2n) is 5.51. The van der Waals surface area contributed by atoms with Gasteiger partial charge in [-0.1, -0.05) is 32.6 Å². The molecule has 0 aromatic rings. The maximum atomic E-state index is 12.8. The van der Waals surface area contributed by atoms with Crippen LogP contribution < -0.4 is 0 Å². The number of halogens is 3. The Morgan fingerprint density at radius 3 is 2.15 bits per heavy atom. The summed E-state index contributed by atoms with van der Waals surface area (Å²) in [6, 6.07) is 0. The molecule has 1 unspecified atom stereocenters. The fraction of sp³-hybridized carbons (Fsp3) is 0.929. The first-order chi connectivity index (χ1) is 9.31. The molecule has 3 nitrogen and oxygen atoms in total. The van der Waals surface area contributed by atoms with E-state index in [9.17, 15) is 18.0 Å². The van der Waals surface area contributed by atoms with Crippen molar-refractivity contribution in [2.24, 2.45) is 5.41 Å². The first kappa shape index (κ1) is 17.3. The van der Waals surface area contributed by atoms with Gasteiger partial charge < -0.3 is 9.47 Å². The number of ether oxygens (including phenoxy) is 2. The van der Waals surface area contributed by atoms with Crippen molar-refractivity contribution in [3.8, 4) is 0 Å². The largest absolute Gasteiger partial charge is 0.438 e. The lowest BCUT2D eigenvalue weighted by Gasteiger charge is -2.28. The predicted molar refractivity (Wildman–Crippen MR) is 68.0 cm³/mol. The smallest absolute Gasteiger partial charge is 0.404 e. The number of alkyl halides is 3. The van der Waals surface area contributed by atoms with Crippen LogP contribution in [0.15, 0.2) is 0 Å². The SMILES string of the molecule is CCC(C)(C(=O)OCOC1CCCCCC1)C(F)(F)F. The van der Waals surface area contributed by atoms with Gasteiger partial charge >= 0.3 is 12.1 Å². The second-order valence-corrected chi connectivity index (χ2v) is 5.51. The van der Waals surface area contributed by atoms with E-state index in [2.05, 4.69) is 4.74 Å². The number of esters is 1. The highest BCUT2D eigenvalue weighted by molar-refractivity contribution is 5.77. The molecule has 0 aromatic carbocycles. The molecule has 0 saturated heterocycles. The van der Waals surface area contributed by atoms with E-state index >= 15 is 0 Å². The van der Waals surface area contributed by atoms with Crippen LogP contribution in [0.2, 0.25) is 0 Å². The number of carbonyl (C=O) groups excluding carboxylic acids is 1. The Bertz CT molecular complexity index is 309. The fourth-order valence-electron chi connectivity index (χ4n) is 2.21. The van der Waals surface area contributed by atoms with Gasteiger partial charge in [0.25, 0.3) is 0 Å². The summed E-state index contributed by atoms with van der Waals surface area (Å²) < 4.78 is 48.6. The minimum absolute atomic E-state index is 0.0101. The average molecular weight is 296 g/mol. The molecule has 0 N–H and O–H groups in total. The van der Waals surface area contributed by atoms with Crippen LogP contribution in [0.25, 0.3) is 0 Å². The van der Waals surface area contributed by atoms with Gasteiger partial charge in [0, 0.05) is 0 Å². The van der Waals surface area contributed by atoms with Crippen molar-refractivity contribution in [3.05, 3.63) is 0 Å². The minimum atomic E-state index is -4.61. The Morgan fingerprint density at radius 2 is 1.70 bits per heavy atom. The molecule has 6 heteroatoms. The van der Waals surface area contributed by atoms with Crippen LogP contribution in [0.1, 0.15) is 58.8 Å². The van der Waals surface area contributed by atoms with E-state index in [0.717, 1.165) is 45.4 Å². The van der Waals surface area contributed by atoms with E-state index < -0.39 is 24.4 Å². The van der Waals surface area contributed by atoms with Gasteiger partial charge in [-0.05, 0) is 26.2 Å². The van der Waals surface area contributed by atoms with Crippen molar-refractivity contribution in [1.29, 1.82) is 0 Å². The lowest BCUT2D eigenvalue weighted by atomic mass is 9.87. The standard InChI is InChI=1S/C14H23F3O3/c1-3-13(2,14(15,16)17)12(18)20-10-19-11-8-6-4-5-7-9-11/h11H,3-10H2,1-2H3. The first-order valence-electron chi connectivity index (χ1n) is 7.17. The predicted octanol–water partition coefficient (Wildman–Crippen LogP) is 4.21. The van der Waals surface area contributed by atoms with E-state index in [4.69, 9.17) is 4.74 Å². The van der Waals surface area contributed by atoms with Crippen LogP contribution in [0.5, 0.6) is 0 Å². The summed E-state index contributed by atoms with van der Waals surface area (Å²) in [6.07, 6.45) is 1.19. The molecule has 1 saturated carbocycles. The lowest BCUT2D eigenvalue weighted by molar-refractivity contribution is -0.237. The van der Waals surface area contributed by atoms with Crippen molar-refractivity contribution >= 4 is 5.97 Å². The summed E-state index contributed by atoms with van der Waals surface area (Å²) in [4.78, 5) is 11.6. The molecule has 1 atom stereocenters. The fourth-order valence-corrected chi connectivity index (χ4v) is 2.21. The highest BCUT2D eigenvalue weighted by Crippen LogP contribution is 2.41. The monoisotopic (exact) mass is 296 g/mol. The van der Waals surface area contributed by atoms with E-state index in [-0.39, 0.29) is 12.5 Å². The molecular formula is C14H23F3O3. The van der Waals surface area contributed by atoms with Crippen LogP contribution in [-0.2, 0) is 14.3 Å². The zero-order valence-electron chi connectivity index (χ0n) is 12.1. The van der Waals surface area contributed by atoms with Crippen LogP contribution >= 0.6 is 0 Å². The highest BCUT2D eigenvalue weighted by atomic mass is 19.4. The van der Waals surface area contributed by atoms with Gasteiger partial charge in [0.1, 0.15) is 0 Å². The van der Waals surface area contributed by atoms with Gasteiger partial charge in [-0.2, -0.15) is 13.2 Å². The highest BCUT2D eigenvalue weighted by Gasteiger charge is 2.56. The van der Waals surface area contributed by atoms with Crippen molar-refractivity contribution in [2.75, 3.05) is 6.79 Å². The average Bonchev–Trinajstić information content (AvgIpc) is 2.64. The zero-order valence-corrected chi connectivity index (χ0v) is 12.1. The molecule has 0 amide bonds. The molecule has 0 aliphatic heterocycles. The van der Waals surface area contributed by atoms with Gasteiger partial charge in [0.15, 0.2) is 12.2 Å². The van der Waals surface area contributed by atoms with E-state index in [1.807, 2.05) is 0 Å². The maximum absolute atomic E-state index is 12.8. The summed E-state index contributed by atoms with van der Waals surface area (Å²) in [5.41, 5.74) is -2.46. The summed E-state index contributed by atoms with van der Waals surface area (Å²) in [5, 5.41) is 0. The van der Waals surface area contributed by atoms with Gasteiger partial charge in [-0.15, -0.1) is 0 Å². The van der Waals surface area contributed by atoms with Gasteiger partial charge in [0.2, 0.25) is 0 Å². The Balaban J connectivity index is 2.42. The summed E-state index contributed by atoms with van der Waals surface area (Å²) in [6.45, 7) is 1.79. The van der Waals surface area contributed by atoms with Crippen LogP contribution in [0.3, 0.4) is 0 Å². The summed E-state index contributed by atoms with van der Waals surface area (Å²) in [5.74, 6) is -1.26.